The zero-order valence-corrected chi connectivity index (χ0v) is 15.7. The first-order valence-electron chi connectivity index (χ1n) is 9.26. The SMILES string of the molecule is CCN(CC)C(=O)c1cc2cc(CNc3ccccc3)ccc2cc1C=O. The van der Waals surface area contributed by atoms with Crippen molar-refractivity contribution in [2.45, 2.75) is 20.4 Å². The van der Waals surface area contributed by atoms with Crippen LogP contribution in [0.4, 0.5) is 5.69 Å². The van der Waals surface area contributed by atoms with E-state index in [1.807, 2.05) is 62.4 Å². The maximum atomic E-state index is 12.8. The third kappa shape index (κ3) is 4.17. The lowest BCUT2D eigenvalue weighted by atomic mass is 9.99. The summed E-state index contributed by atoms with van der Waals surface area (Å²) in [5, 5.41) is 5.31. The Bertz CT molecular complexity index is 947. The molecule has 0 aliphatic carbocycles. The molecule has 4 heteroatoms. The lowest BCUT2D eigenvalue weighted by Gasteiger charge is -2.20. The average molecular weight is 360 g/mol. The zero-order valence-electron chi connectivity index (χ0n) is 15.7. The molecule has 0 aliphatic rings. The number of aldehydes is 1. The van der Waals surface area contributed by atoms with Gasteiger partial charge in [-0.2, -0.15) is 0 Å². The van der Waals surface area contributed by atoms with Gasteiger partial charge in [-0.05, 0) is 60.5 Å². The highest BCUT2D eigenvalue weighted by molar-refractivity contribution is 6.05. The van der Waals surface area contributed by atoms with E-state index >= 15 is 0 Å². The summed E-state index contributed by atoms with van der Waals surface area (Å²) < 4.78 is 0. The van der Waals surface area contributed by atoms with Gasteiger partial charge < -0.3 is 10.2 Å². The predicted molar refractivity (Wildman–Crippen MR) is 110 cm³/mol. The number of fused-ring (bicyclic) bond motifs is 1. The van der Waals surface area contributed by atoms with Gasteiger partial charge in [0.2, 0.25) is 0 Å². The number of para-hydroxylation sites is 1. The Hall–Kier alpha value is -3.14. The molecule has 0 spiro atoms. The van der Waals surface area contributed by atoms with Gasteiger partial charge in [-0.15, -0.1) is 0 Å². The summed E-state index contributed by atoms with van der Waals surface area (Å²) in [4.78, 5) is 26.0. The Morgan fingerprint density at radius 3 is 2.37 bits per heavy atom. The first-order valence-corrected chi connectivity index (χ1v) is 9.26. The fourth-order valence-corrected chi connectivity index (χ4v) is 3.20. The minimum atomic E-state index is -0.100. The summed E-state index contributed by atoms with van der Waals surface area (Å²) >= 11 is 0. The number of benzene rings is 3. The van der Waals surface area contributed by atoms with Crippen LogP contribution in [-0.4, -0.2) is 30.2 Å². The minimum Gasteiger partial charge on any atom is -0.381 e. The quantitative estimate of drug-likeness (QED) is 0.619. The van der Waals surface area contributed by atoms with Crippen LogP contribution in [0.3, 0.4) is 0 Å². The second-order valence-corrected chi connectivity index (χ2v) is 6.44. The van der Waals surface area contributed by atoms with E-state index in [2.05, 4.69) is 11.4 Å². The van der Waals surface area contributed by atoms with E-state index in [9.17, 15) is 9.59 Å². The molecule has 27 heavy (non-hydrogen) atoms. The average Bonchev–Trinajstić information content (AvgIpc) is 2.72. The van der Waals surface area contributed by atoms with Crippen LogP contribution in [0.15, 0.2) is 60.7 Å². The number of rotatable bonds is 7. The van der Waals surface area contributed by atoms with Crippen molar-refractivity contribution in [3.05, 3.63) is 77.4 Å². The molecule has 0 bridgehead atoms. The number of anilines is 1. The van der Waals surface area contributed by atoms with E-state index in [0.29, 0.717) is 30.8 Å². The zero-order chi connectivity index (χ0) is 19.2. The van der Waals surface area contributed by atoms with Crippen LogP contribution < -0.4 is 5.32 Å². The number of carbonyl (C=O) groups is 2. The standard InChI is InChI=1S/C23H24N2O2/c1-3-25(4-2)23(27)22-14-19-12-17(10-11-18(19)13-20(22)16-26)15-24-21-8-6-5-7-9-21/h5-14,16,24H,3-4,15H2,1-2H3. The van der Waals surface area contributed by atoms with Crippen molar-refractivity contribution in [3.63, 3.8) is 0 Å². The number of hydrogen-bond acceptors (Lipinski definition) is 3. The predicted octanol–water partition coefficient (Wildman–Crippen LogP) is 4.75. The van der Waals surface area contributed by atoms with Crippen molar-refractivity contribution in [1.29, 1.82) is 0 Å². The molecule has 0 saturated heterocycles. The second kappa shape index (κ2) is 8.49. The molecule has 0 aromatic heterocycles. The van der Waals surface area contributed by atoms with E-state index in [0.717, 1.165) is 28.3 Å². The molecule has 0 fully saturated rings. The van der Waals surface area contributed by atoms with Crippen LogP contribution in [0.25, 0.3) is 10.8 Å². The van der Waals surface area contributed by atoms with Gasteiger partial charge in [0.15, 0.2) is 6.29 Å². The molecule has 0 heterocycles. The van der Waals surface area contributed by atoms with Crippen molar-refractivity contribution >= 4 is 28.7 Å². The van der Waals surface area contributed by atoms with Crippen molar-refractivity contribution < 1.29 is 9.59 Å². The van der Waals surface area contributed by atoms with Gasteiger partial charge in [0.05, 0.1) is 5.56 Å². The summed E-state index contributed by atoms with van der Waals surface area (Å²) in [5.41, 5.74) is 3.08. The molecule has 3 rings (SSSR count). The van der Waals surface area contributed by atoms with Crippen LogP contribution in [0.2, 0.25) is 0 Å². The van der Waals surface area contributed by atoms with E-state index in [1.54, 1.807) is 11.0 Å². The number of hydrogen-bond donors (Lipinski definition) is 1. The van der Waals surface area contributed by atoms with Gasteiger partial charge in [-0.1, -0.05) is 30.3 Å². The fraction of sp³-hybridized carbons (Fsp3) is 0.217. The molecular weight excluding hydrogens is 336 g/mol. The third-order valence-electron chi connectivity index (χ3n) is 4.75. The van der Waals surface area contributed by atoms with Crippen LogP contribution in [0.1, 0.15) is 40.1 Å². The van der Waals surface area contributed by atoms with Crippen molar-refractivity contribution in [3.8, 4) is 0 Å². The molecule has 0 atom stereocenters. The Balaban J connectivity index is 1.92. The molecular formula is C23H24N2O2. The van der Waals surface area contributed by atoms with Gasteiger partial charge >= 0.3 is 0 Å². The van der Waals surface area contributed by atoms with E-state index in [-0.39, 0.29) is 5.91 Å². The van der Waals surface area contributed by atoms with Crippen LogP contribution in [0, 0.1) is 0 Å². The number of carbonyl (C=O) groups excluding carboxylic acids is 2. The number of nitrogens with zero attached hydrogens (tertiary/aromatic N) is 1. The van der Waals surface area contributed by atoms with Crippen LogP contribution >= 0.6 is 0 Å². The maximum Gasteiger partial charge on any atom is 0.254 e. The first-order chi connectivity index (χ1) is 13.2. The summed E-state index contributed by atoms with van der Waals surface area (Å²) in [5.74, 6) is -0.100. The Morgan fingerprint density at radius 1 is 0.963 bits per heavy atom. The van der Waals surface area contributed by atoms with Crippen molar-refractivity contribution in [1.82, 2.24) is 4.90 Å². The molecule has 1 N–H and O–H groups in total. The smallest absolute Gasteiger partial charge is 0.254 e. The molecule has 0 aliphatic heterocycles. The highest BCUT2D eigenvalue weighted by Gasteiger charge is 2.17. The topological polar surface area (TPSA) is 49.4 Å². The van der Waals surface area contributed by atoms with Gasteiger partial charge in [-0.25, -0.2) is 0 Å². The molecule has 3 aromatic carbocycles. The normalized spacial score (nSPS) is 10.6. The molecule has 138 valence electrons. The minimum absolute atomic E-state index is 0.100. The molecule has 3 aromatic rings. The molecule has 4 nitrogen and oxygen atoms in total. The molecule has 0 saturated carbocycles. The van der Waals surface area contributed by atoms with Gasteiger partial charge in [0, 0.05) is 30.9 Å². The molecule has 0 radical (unpaired) electrons. The Kier molecular flexibility index (Phi) is 5.87. The Labute approximate surface area is 159 Å². The van der Waals surface area contributed by atoms with E-state index < -0.39 is 0 Å². The van der Waals surface area contributed by atoms with Gasteiger partial charge in [0.1, 0.15) is 0 Å². The van der Waals surface area contributed by atoms with E-state index in [1.165, 1.54) is 0 Å². The summed E-state index contributed by atoms with van der Waals surface area (Å²) in [7, 11) is 0. The lowest BCUT2D eigenvalue weighted by Crippen LogP contribution is -2.31. The van der Waals surface area contributed by atoms with Gasteiger partial charge in [0.25, 0.3) is 5.91 Å². The summed E-state index contributed by atoms with van der Waals surface area (Å²) in [6.07, 6.45) is 0.765. The van der Waals surface area contributed by atoms with Gasteiger partial charge in [-0.3, -0.25) is 9.59 Å². The fourth-order valence-electron chi connectivity index (χ4n) is 3.20. The monoisotopic (exact) mass is 360 g/mol. The first kappa shape index (κ1) is 18.6. The highest BCUT2D eigenvalue weighted by atomic mass is 16.2. The second-order valence-electron chi connectivity index (χ2n) is 6.44. The molecule has 1 amide bonds. The highest BCUT2D eigenvalue weighted by Crippen LogP contribution is 2.23. The Morgan fingerprint density at radius 2 is 1.70 bits per heavy atom. The van der Waals surface area contributed by atoms with Crippen LogP contribution in [0.5, 0.6) is 0 Å². The number of amides is 1. The lowest BCUT2D eigenvalue weighted by molar-refractivity contribution is 0.0770. The summed E-state index contributed by atoms with van der Waals surface area (Å²) in [6, 6.07) is 19.8. The molecule has 0 unspecified atom stereocenters. The largest absolute Gasteiger partial charge is 0.381 e. The number of nitrogens with one attached hydrogen (secondary N) is 1. The van der Waals surface area contributed by atoms with Crippen LogP contribution in [-0.2, 0) is 6.54 Å². The summed E-state index contributed by atoms with van der Waals surface area (Å²) in [6.45, 7) is 5.81. The van der Waals surface area contributed by atoms with E-state index in [4.69, 9.17) is 0 Å². The maximum absolute atomic E-state index is 12.8. The van der Waals surface area contributed by atoms with Crippen molar-refractivity contribution in [2.24, 2.45) is 0 Å². The third-order valence-corrected chi connectivity index (χ3v) is 4.75. The van der Waals surface area contributed by atoms with Crippen molar-refractivity contribution in [2.75, 3.05) is 18.4 Å².